The van der Waals surface area contributed by atoms with Gasteiger partial charge in [0.15, 0.2) is 5.78 Å². The zero-order valence-electron chi connectivity index (χ0n) is 9.95. The molecule has 1 aromatic rings. The highest BCUT2D eigenvalue weighted by Gasteiger charge is 2.07. The van der Waals surface area contributed by atoms with Crippen molar-refractivity contribution < 1.29 is 18.7 Å². The summed E-state index contributed by atoms with van der Waals surface area (Å²) in [6.45, 7) is 3.39. The van der Waals surface area contributed by atoms with Gasteiger partial charge in [0, 0.05) is 13.0 Å². The summed E-state index contributed by atoms with van der Waals surface area (Å²) < 4.78 is 23.4. The molecule has 17 heavy (non-hydrogen) atoms. The highest BCUT2D eigenvalue weighted by molar-refractivity contribution is 5.82. The van der Waals surface area contributed by atoms with E-state index in [2.05, 4.69) is 0 Å². The fourth-order valence-corrected chi connectivity index (χ4v) is 1.35. The number of ketones is 1. The van der Waals surface area contributed by atoms with Crippen molar-refractivity contribution in [2.45, 2.75) is 13.3 Å². The maximum absolute atomic E-state index is 13.2. The number of rotatable bonds is 8. The minimum atomic E-state index is -0.352. The number of halogens is 1. The molecule has 0 unspecified atom stereocenters. The number of Topliss-reactive ketones (excluding diaryl/α,β-unsaturated/α-hetero) is 1. The van der Waals surface area contributed by atoms with Gasteiger partial charge in [-0.3, -0.25) is 4.79 Å². The van der Waals surface area contributed by atoms with Crippen LogP contribution in [0.3, 0.4) is 0 Å². The molecular formula is C13H17FO3. The van der Waals surface area contributed by atoms with E-state index in [1.54, 1.807) is 18.2 Å². The predicted molar refractivity (Wildman–Crippen MR) is 62.4 cm³/mol. The SMILES string of the molecule is CCOCCOCC(=O)Cc1ccccc1F. The third-order valence-electron chi connectivity index (χ3n) is 2.18. The maximum atomic E-state index is 13.2. The lowest BCUT2D eigenvalue weighted by Gasteiger charge is -2.04. The number of hydrogen-bond donors (Lipinski definition) is 0. The lowest BCUT2D eigenvalue weighted by Crippen LogP contribution is -2.14. The fourth-order valence-electron chi connectivity index (χ4n) is 1.35. The van der Waals surface area contributed by atoms with Gasteiger partial charge in [-0.15, -0.1) is 0 Å². The first-order valence-electron chi connectivity index (χ1n) is 5.64. The van der Waals surface area contributed by atoms with Crippen molar-refractivity contribution in [2.75, 3.05) is 26.4 Å². The Morgan fingerprint density at radius 3 is 2.65 bits per heavy atom. The summed E-state index contributed by atoms with van der Waals surface area (Å²) in [5.41, 5.74) is 0.408. The third-order valence-corrected chi connectivity index (χ3v) is 2.18. The molecule has 1 rings (SSSR count). The van der Waals surface area contributed by atoms with E-state index >= 15 is 0 Å². The molecule has 4 heteroatoms. The molecule has 3 nitrogen and oxygen atoms in total. The molecular weight excluding hydrogens is 223 g/mol. The monoisotopic (exact) mass is 240 g/mol. The lowest BCUT2D eigenvalue weighted by atomic mass is 10.1. The second kappa shape index (κ2) is 7.92. The fraction of sp³-hybridized carbons (Fsp3) is 0.462. The second-order valence-electron chi connectivity index (χ2n) is 3.56. The molecule has 0 aliphatic rings. The number of carbonyl (C=O) groups excluding carboxylic acids is 1. The van der Waals surface area contributed by atoms with Crippen LogP contribution in [0.2, 0.25) is 0 Å². The minimum absolute atomic E-state index is 0.00140. The Labute approximate surface area is 101 Å². The maximum Gasteiger partial charge on any atom is 0.162 e. The van der Waals surface area contributed by atoms with Crippen LogP contribution in [-0.2, 0) is 20.7 Å². The summed E-state index contributed by atoms with van der Waals surface area (Å²) in [6, 6.07) is 6.26. The molecule has 0 aliphatic heterocycles. The van der Waals surface area contributed by atoms with Crippen molar-refractivity contribution in [3.05, 3.63) is 35.6 Å². The van der Waals surface area contributed by atoms with Crippen LogP contribution in [0.5, 0.6) is 0 Å². The van der Waals surface area contributed by atoms with Crippen molar-refractivity contribution in [3.63, 3.8) is 0 Å². The largest absolute Gasteiger partial charge is 0.379 e. The smallest absolute Gasteiger partial charge is 0.162 e. The van der Waals surface area contributed by atoms with Gasteiger partial charge in [0.25, 0.3) is 0 Å². The van der Waals surface area contributed by atoms with E-state index in [1.807, 2.05) is 6.92 Å². The number of carbonyl (C=O) groups is 1. The van der Waals surface area contributed by atoms with E-state index in [0.717, 1.165) is 0 Å². The third kappa shape index (κ3) is 5.56. The second-order valence-corrected chi connectivity index (χ2v) is 3.56. The van der Waals surface area contributed by atoms with E-state index < -0.39 is 0 Å². The van der Waals surface area contributed by atoms with Crippen molar-refractivity contribution in [3.8, 4) is 0 Å². The van der Waals surface area contributed by atoms with Gasteiger partial charge >= 0.3 is 0 Å². The molecule has 0 amide bonds. The standard InChI is InChI=1S/C13H17FO3/c1-2-16-7-8-17-10-12(15)9-11-5-3-4-6-13(11)14/h3-6H,2,7-10H2,1H3. The molecule has 0 saturated heterocycles. The van der Waals surface area contributed by atoms with Crippen molar-refractivity contribution in [1.82, 2.24) is 0 Å². The number of hydrogen-bond acceptors (Lipinski definition) is 3. The molecule has 1 aromatic carbocycles. The van der Waals surface area contributed by atoms with Gasteiger partial charge < -0.3 is 9.47 Å². The van der Waals surface area contributed by atoms with Gasteiger partial charge in [0.1, 0.15) is 12.4 Å². The van der Waals surface area contributed by atoms with Gasteiger partial charge in [-0.1, -0.05) is 18.2 Å². The van der Waals surface area contributed by atoms with E-state index in [9.17, 15) is 9.18 Å². The van der Waals surface area contributed by atoms with Crippen LogP contribution in [0.4, 0.5) is 4.39 Å². The van der Waals surface area contributed by atoms with Gasteiger partial charge in [-0.2, -0.15) is 0 Å². The van der Waals surface area contributed by atoms with E-state index in [4.69, 9.17) is 9.47 Å². The van der Waals surface area contributed by atoms with Crippen LogP contribution in [0.1, 0.15) is 12.5 Å². The highest BCUT2D eigenvalue weighted by atomic mass is 19.1. The first kappa shape index (κ1) is 13.8. The Morgan fingerprint density at radius 1 is 1.24 bits per heavy atom. The average molecular weight is 240 g/mol. The van der Waals surface area contributed by atoms with Crippen molar-refractivity contribution in [1.29, 1.82) is 0 Å². The van der Waals surface area contributed by atoms with Crippen LogP contribution in [0.15, 0.2) is 24.3 Å². The normalized spacial score (nSPS) is 10.5. The van der Waals surface area contributed by atoms with Gasteiger partial charge in [0.2, 0.25) is 0 Å². The summed E-state index contributed by atoms with van der Waals surface area (Å²) in [4.78, 5) is 11.5. The first-order chi connectivity index (χ1) is 8.24. The predicted octanol–water partition coefficient (Wildman–Crippen LogP) is 1.99. The first-order valence-corrected chi connectivity index (χ1v) is 5.64. The molecule has 0 aliphatic carbocycles. The van der Waals surface area contributed by atoms with E-state index in [1.165, 1.54) is 6.07 Å². The molecule has 0 atom stereocenters. The van der Waals surface area contributed by atoms with Crippen LogP contribution in [-0.4, -0.2) is 32.2 Å². The molecule has 94 valence electrons. The van der Waals surface area contributed by atoms with Crippen LogP contribution < -0.4 is 0 Å². The molecule has 0 aromatic heterocycles. The molecule has 0 spiro atoms. The summed E-state index contributed by atoms with van der Waals surface area (Å²) in [5, 5.41) is 0. The van der Waals surface area contributed by atoms with Crippen LogP contribution in [0, 0.1) is 5.82 Å². The summed E-state index contributed by atoms with van der Waals surface area (Å²) in [7, 11) is 0. The summed E-state index contributed by atoms with van der Waals surface area (Å²) >= 11 is 0. The minimum Gasteiger partial charge on any atom is -0.379 e. The van der Waals surface area contributed by atoms with E-state index in [-0.39, 0.29) is 24.6 Å². The Balaban J connectivity index is 2.23. The topological polar surface area (TPSA) is 35.5 Å². The Hall–Kier alpha value is -1.26. The Bertz CT molecular complexity index is 352. The molecule has 0 bridgehead atoms. The van der Waals surface area contributed by atoms with Crippen molar-refractivity contribution in [2.24, 2.45) is 0 Å². The molecule has 0 heterocycles. The van der Waals surface area contributed by atoms with Crippen molar-refractivity contribution >= 4 is 5.78 Å². The van der Waals surface area contributed by atoms with Crippen LogP contribution in [0.25, 0.3) is 0 Å². The molecule has 0 radical (unpaired) electrons. The highest BCUT2D eigenvalue weighted by Crippen LogP contribution is 2.07. The molecule has 0 fully saturated rings. The zero-order valence-corrected chi connectivity index (χ0v) is 9.95. The van der Waals surface area contributed by atoms with Gasteiger partial charge in [-0.05, 0) is 18.6 Å². The van der Waals surface area contributed by atoms with E-state index in [0.29, 0.717) is 25.4 Å². The number of ether oxygens (including phenoxy) is 2. The summed E-state index contributed by atoms with van der Waals surface area (Å²) in [5.74, 6) is -0.484. The zero-order chi connectivity index (χ0) is 12.5. The Morgan fingerprint density at radius 2 is 1.94 bits per heavy atom. The number of benzene rings is 1. The Kier molecular flexibility index (Phi) is 6.43. The quantitative estimate of drug-likeness (QED) is 0.652. The van der Waals surface area contributed by atoms with Crippen LogP contribution >= 0.6 is 0 Å². The molecule has 0 N–H and O–H groups in total. The van der Waals surface area contributed by atoms with Gasteiger partial charge in [-0.25, -0.2) is 4.39 Å². The average Bonchev–Trinajstić information content (AvgIpc) is 2.32. The van der Waals surface area contributed by atoms with Gasteiger partial charge in [0.05, 0.1) is 13.2 Å². The summed E-state index contributed by atoms with van der Waals surface area (Å²) in [6.07, 6.45) is 0.0707. The molecule has 0 saturated carbocycles. The lowest BCUT2D eigenvalue weighted by molar-refractivity contribution is -0.123.